The third kappa shape index (κ3) is 2.78. The van der Waals surface area contributed by atoms with Crippen molar-refractivity contribution in [2.75, 3.05) is 0 Å². The van der Waals surface area contributed by atoms with Gasteiger partial charge in [-0.05, 0) is 36.4 Å². The predicted molar refractivity (Wildman–Crippen MR) is 106 cm³/mol. The second kappa shape index (κ2) is 6.37. The van der Waals surface area contributed by atoms with Crippen molar-refractivity contribution in [3.8, 4) is 32.7 Å². The molecule has 0 aliphatic rings. The van der Waals surface area contributed by atoms with Crippen LogP contribution in [0, 0.1) is 0 Å². The Bertz CT molecular complexity index is 1230. The van der Waals surface area contributed by atoms with Gasteiger partial charge in [0.15, 0.2) is 5.01 Å². The molecule has 0 spiro atoms. The third-order valence-corrected chi connectivity index (χ3v) is 5.31. The fourth-order valence-corrected chi connectivity index (χ4v) is 3.84. The minimum Gasteiger partial charge on any atom is -0.349 e. The second-order valence-corrected chi connectivity index (χ2v) is 7.07. The van der Waals surface area contributed by atoms with Crippen molar-refractivity contribution in [2.45, 2.75) is 0 Å². The van der Waals surface area contributed by atoms with Gasteiger partial charge in [0.25, 0.3) is 0 Å². The molecule has 5 rings (SSSR count). The van der Waals surface area contributed by atoms with E-state index in [2.05, 4.69) is 36.9 Å². The van der Waals surface area contributed by atoms with Gasteiger partial charge in [-0.1, -0.05) is 17.4 Å². The lowest BCUT2D eigenvalue weighted by molar-refractivity contribution is 0.965. The van der Waals surface area contributed by atoms with E-state index < -0.39 is 0 Å². The van der Waals surface area contributed by atoms with Gasteiger partial charge in [-0.3, -0.25) is 9.97 Å². The zero-order valence-electron chi connectivity index (χ0n) is 14.4. The number of nitrogens with zero attached hydrogens (tertiary/aromatic N) is 6. The van der Waals surface area contributed by atoms with E-state index in [1.54, 1.807) is 18.6 Å². The zero-order chi connectivity index (χ0) is 18.2. The number of hydrogen-bond acceptors (Lipinski definition) is 6. The van der Waals surface area contributed by atoms with Crippen molar-refractivity contribution in [3.63, 3.8) is 0 Å². The maximum absolute atomic E-state index is 4.89. The summed E-state index contributed by atoms with van der Waals surface area (Å²) in [5, 5.41) is 11.4. The SMILES string of the molecule is Cn1ccc2cc(-c3nnc(-c4cccnc4)s3)nc(-c3ccccn3)c21. The highest BCUT2D eigenvalue weighted by Gasteiger charge is 2.16. The van der Waals surface area contributed by atoms with Crippen molar-refractivity contribution in [1.29, 1.82) is 0 Å². The van der Waals surface area contributed by atoms with Crippen LogP contribution in [0.1, 0.15) is 0 Å². The van der Waals surface area contributed by atoms with Crippen LogP contribution in [0.25, 0.3) is 43.6 Å². The molecule has 7 heteroatoms. The van der Waals surface area contributed by atoms with E-state index in [0.717, 1.165) is 43.6 Å². The van der Waals surface area contributed by atoms with E-state index in [-0.39, 0.29) is 0 Å². The molecule has 5 aromatic heterocycles. The average Bonchev–Trinajstić information content (AvgIpc) is 3.36. The summed E-state index contributed by atoms with van der Waals surface area (Å²) >= 11 is 1.51. The van der Waals surface area contributed by atoms with Crippen LogP contribution in [0.2, 0.25) is 0 Å². The molecule has 0 bridgehead atoms. The highest BCUT2D eigenvalue weighted by atomic mass is 32.1. The Morgan fingerprint density at radius 1 is 0.926 bits per heavy atom. The first kappa shape index (κ1) is 15.8. The lowest BCUT2D eigenvalue weighted by atomic mass is 10.1. The van der Waals surface area contributed by atoms with Gasteiger partial charge in [0, 0.05) is 42.8 Å². The van der Waals surface area contributed by atoms with Crippen molar-refractivity contribution < 1.29 is 0 Å². The molecule has 6 nitrogen and oxygen atoms in total. The number of rotatable bonds is 3. The van der Waals surface area contributed by atoms with Crippen LogP contribution in [0.5, 0.6) is 0 Å². The number of aryl methyl sites for hydroxylation is 1. The Balaban J connectivity index is 1.68. The largest absolute Gasteiger partial charge is 0.349 e. The molecule has 130 valence electrons. The standard InChI is InChI=1S/C20H14N6S/c1-26-10-7-13-11-16(23-17(18(13)26)15-6-2-3-9-22-15)20-25-24-19(27-20)14-5-4-8-21-12-14/h2-12H,1H3. The van der Waals surface area contributed by atoms with Crippen LogP contribution in [-0.2, 0) is 7.05 Å². The molecule has 0 aliphatic heterocycles. The van der Waals surface area contributed by atoms with Crippen LogP contribution >= 0.6 is 11.3 Å². The minimum absolute atomic E-state index is 0.775. The Morgan fingerprint density at radius 3 is 2.67 bits per heavy atom. The summed E-state index contributed by atoms with van der Waals surface area (Å²) in [4.78, 5) is 13.5. The summed E-state index contributed by atoms with van der Waals surface area (Å²) in [6, 6.07) is 13.8. The van der Waals surface area contributed by atoms with Gasteiger partial charge >= 0.3 is 0 Å². The summed E-state index contributed by atoms with van der Waals surface area (Å²) in [5.41, 5.74) is 4.47. The first-order valence-corrected chi connectivity index (χ1v) is 9.23. The summed E-state index contributed by atoms with van der Waals surface area (Å²) in [7, 11) is 2.02. The second-order valence-electron chi connectivity index (χ2n) is 6.09. The lowest BCUT2D eigenvalue weighted by Crippen LogP contribution is -1.95. The topological polar surface area (TPSA) is 69.4 Å². The number of hydrogen-bond donors (Lipinski definition) is 0. The van der Waals surface area contributed by atoms with E-state index >= 15 is 0 Å². The minimum atomic E-state index is 0.775. The van der Waals surface area contributed by atoms with Gasteiger partial charge in [0.2, 0.25) is 0 Å². The fraction of sp³-hybridized carbons (Fsp3) is 0.0500. The van der Waals surface area contributed by atoms with Gasteiger partial charge in [-0.25, -0.2) is 4.98 Å². The average molecular weight is 370 g/mol. The Labute approximate surface area is 159 Å². The quantitative estimate of drug-likeness (QED) is 0.476. The normalized spacial score (nSPS) is 11.1. The zero-order valence-corrected chi connectivity index (χ0v) is 15.3. The monoisotopic (exact) mass is 370 g/mol. The first-order valence-electron chi connectivity index (χ1n) is 8.41. The summed E-state index contributed by atoms with van der Waals surface area (Å²) < 4.78 is 2.07. The number of pyridine rings is 3. The van der Waals surface area contributed by atoms with Crippen molar-refractivity contribution >= 4 is 22.2 Å². The maximum Gasteiger partial charge on any atom is 0.166 e. The molecule has 0 N–H and O–H groups in total. The Morgan fingerprint density at radius 2 is 1.85 bits per heavy atom. The number of fused-ring (bicyclic) bond motifs is 1. The van der Waals surface area contributed by atoms with Gasteiger partial charge < -0.3 is 4.57 Å². The molecule has 0 atom stereocenters. The van der Waals surface area contributed by atoms with Gasteiger partial charge in [0.1, 0.15) is 16.4 Å². The van der Waals surface area contributed by atoms with Crippen molar-refractivity contribution in [2.24, 2.45) is 7.05 Å². The van der Waals surface area contributed by atoms with Gasteiger partial charge in [0.05, 0.1) is 11.2 Å². The van der Waals surface area contributed by atoms with Crippen molar-refractivity contribution in [3.05, 3.63) is 67.3 Å². The maximum atomic E-state index is 4.89. The van der Waals surface area contributed by atoms with Crippen LogP contribution in [0.15, 0.2) is 67.3 Å². The van der Waals surface area contributed by atoms with Crippen molar-refractivity contribution in [1.82, 2.24) is 29.7 Å². The van der Waals surface area contributed by atoms with Crippen LogP contribution < -0.4 is 0 Å². The first-order chi connectivity index (χ1) is 13.3. The smallest absolute Gasteiger partial charge is 0.166 e. The molecule has 5 heterocycles. The van der Waals surface area contributed by atoms with E-state index in [1.807, 2.05) is 43.6 Å². The highest BCUT2D eigenvalue weighted by molar-refractivity contribution is 7.17. The third-order valence-electron chi connectivity index (χ3n) is 4.31. The molecule has 27 heavy (non-hydrogen) atoms. The molecular weight excluding hydrogens is 356 g/mol. The van der Waals surface area contributed by atoms with Crippen LogP contribution in [0.4, 0.5) is 0 Å². The molecule has 0 saturated heterocycles. The molecule has 0 radical (unpaired) electrons. The summed E-state index contributed by atoms with van der Waals surface area (Å²) in [5.74, 6) is 0. The van der Waals surface area contributed by atoms with Gasteiger partial charge in [-0.15, -0.1) is 10.2 Å². The van der Waals surface area contributed by atoms with Crippen LogP contribution in [0.3, 0.4) is 0 Å². The van der Waals surface area contributed by atoms with E-state index in [4.69, 9.17) is 4.98 Å². The molecular formula is C20H14N6S. The Kier molecular flexibility index (Phi) is 3.72. The highest BCUT2D eigenvalue weighted by Crippen LogP contribution is 2.33. The molecule has 0 aliphatic carbocycles. The molecule has 0 amide bonds. The molecule has 0 unspecified atom stereocenters. The lowest BCUT2D eigenvalue weighted by Gasteiger charge is -2.07. The number of aromatic nitrogens is 6. The predicted octanol–water partition coefficient (Wildman–Crippen LogP) is 4.22. The van der Waals surface area contributed by atoms with E-state index in [0.29, 0.717) is 0 Å². The van der Waals surface area contributed by atoms with E-state index in [1.165, 1.54) is 11.3 Å². The Hall–Kier alpha value is -3.45. The van der Waals surface area contributed by atoms with Crippen LogP contribution in [-0.4, -0.2) is 29.7 Å². The van der Waals surface area contributed by atoms with Gasteiger partial charge in [-0.2, -0.15) is 0 Å². The van der Waals surface area contributed by atoms with E-state index in [9.17, 15) is 0 Å². The summed E-state index contributed by atoms with van der Waals surface area (Å²) in [6.07, 6.45) is 7.35. The molecule has 0 aromatic carbocycles. The molecule has 5 aromatic rings. The fourth-order valence-electron chi connectivity index (χ4n) is 3.05. The molecule has 0 saturated carbocycles. The molecule has 0 fully saturated rings. The summed E-state index contributed by atoms with van der Waals surface area (Å²) in [6.45, 7) is 0.